The van der Waals surface area contributed by atoms with Gasteiger partial charge in [-0.15, -0.1) is 0 Å². The lowest BCUT2D eigenvalue weighted by Gasteiger charge is -2.33. The molecule has 0 radical (unpaired) electrons. The van der Waals surface area contributed by atoms with Crippen LogP contribution in [0.1, 0.15) is 44.2 Å². The van der Waals surface area contributed by atoms with Crippen molar-refractivity contribution in [3.05, 3.63) is 47.8 Å². The highest BCUT2D eigenvalue weighted by Crippen LogP contribution is 2.29. The van der Waals surface area contributed by atoms with E-state index in [1.807, 2.05) is 10.7 Å². The van der Waals surface area contributed by atoms with Crippen molar-refractivity contribution >= 4 is 17.2 Å². The Morgan fingerprint density at radius 3 is 2.87 bits per heavy atom. The molecule has 1 atom stereocenters. The highest BCUT2D eigenvalue weighted by molar-refractivity contribution is 5.81. The van der Waals surface area contributed by atoms with E-state index in [1.165, 1.54) is 11.1 Å². The van der Waals surface area contributed by atoms with E-state index in [1.54, 1.807) is 6.20 Å². The standard InChI is InChI=1S/C25H33N5O/c1-17(2)9-10-27-25(31)20-6-5-12-29(16-20)24-23-15-22(28-30(23)13-11-26-24)21-8-7-18(3)14-19(21)4/h7-8,11,13-15,17,20H,5-6,9-10,12,16H2,1-4H3,(H,27,31)/t20-/m0/s1. The fraction of sp³-hybridized carbons (Fsp3) is 0.480. The molecule has 4 rings (SSSR count). The lowest BCUT2D eigenvalue weighted by Crippen LogP contribution is -2.43. The predicted molar refractivity (Wildman–Crippen MR) is 125 cm³/mol. The quantitative estimate of drug-likeness (QED) is 0.644. The highest BCUT2D eigenvalue weighted by atomic mass is 16.1. The largest absolute Gasteiger partial charge is 0.356 e. The van der Waals surface area contributed by atoms with Crippen LogP contribution in [-0.4, -0.2) is 40.1 Å². The molecule has 0 saturated carbocycles. The minimum atomic E-state index is 0.00435. The molecule has 164 valence electrons. The molecule has 1 N–H and O–H groups in total. The number of nitrogens with zero attached hydrogens (tertiary/aromatic N) is 4. The second kappa shape index (κ2) is 9.08. The van der Waals surface area contributed by atoms with Gasteiger partial charge in [0, 0.05) is 37.6 Å². The molecule has 0 aliphatic carbocycles. The van der Waals surface area contributed by atoms with Gasteiger partial charge in [-0.2, -0.15) is 5.10 Å². The van der Waals surface area contributed by atoms with Crippen molar-refractivity contribution in [2.75, 3.05) is 24.5 Å². The molecule has 1 fully saturated rings. The Bertz CT molecular complexity index is 1070. The van der Waals surface area contributed by atoms with Crippen LogP contribution >= 0.6 is 0 Å². The molecule has 1 aliphatic heterocycles. The van der Waals surface area contributed by atoms with Crippen molar-refractivity contribution < 1.29 is 4.79 Å². The number of aryl methyl sites for hydroxylation is 2. The van der Waals surface area contributed by atoms with Gasteiger partial charge in [0.15, 0.2) is 5.82 Å². The van der Waals surface area contributed by atoms with Gasteiger partial charge in [-0.05, 0) is 50.7 Å². The van der Waals surface area contributed by atoms with E-state index in [-0.39, 0.29) is 11.8 Å². The number of piperidine rings is 1. The summed E-state index contributed by atoms with van der Waals surface area (Å²) in [5, 5.41) is 7.94. The SMILES string of the molecule is Cc1ccc(-c2cc3c(N4CCC[C@H](C(=O)NCCC(C)C)C4)nccn3n2)c(C)c1. The van der Waals surface area contributed by atoms with Crippen LogP contribution in [0, 0.1) is 25.7 Å². The smallest absolute Gasteiger partial charge is 0.224 e. The van der Waals surface area contributed by atoms with E-state index < -0.39 is 0 Å². The summed E-state index contributed by atoms with van der Waals surface area (Å²) in [5.74, 6) is 1.68. The van der Waals surface area contributed by atoms with Crippen LogP contribution in [0.3, 0.4) is 0 Å². The number of carbonyl (C=O) groups is 1. The van der Waals surface area contributed by atoms with Crippen molar-refractivity contribution in [1.82, 2.24) is 19.9 Å². The summed E-state index contributed by atoms with van der Waals surface area (Å²) in [6.07, 6.45) is 6.63. The first-order chi connectivity index (χ1) is 14.9. The van der Waals surface area contributed by atoms with Gasteiger partial charge in [0.05, 0.1) is 11.6 Å². The second-order valence-corrected chi connectivity index (χ2v) is 9.19. The number of benzene rings is 1. The fourth-order valence-corrected chi connectivity index (χ4v) is 4.40. The molecule has 0 unspecified atom stereocenters. The van der Waals surface area contributed by atoms with E-state index >= 15 is 0 Å². The normalized spacial score (nSPS) is 16.8. The van der Waals surface area contributed by atoms with Gasteiger partial charge in [0.1, 0.15) is 5.52 Å². The van der Waals surface area contributed by atoms with Crippen molar-refractivity contribution in [2.45, 2.75) is 47.0 Å². The summed E-state index contributed by atoms with van der Waals surface area (Å²) in [6.45, 7) is 10.9. The number of hydrogen-bond donors (Lipinski definition) is 1. The maximum atomic E-state index is 12.7. The predicted octanol–water partition coefficient (Wildman–Crippen LogP) is 4.39. The molecular weight excluding hydrogens is 386 g/mol. The zero-order valence-corrected chi connectivity index (χ0v) is 19.1. The van der Waals surface area contributed by atoms with E-state index in [9.17, 15) is 4.79 Å². The van der Waals surface area contributed by atoms with Gasteiger partial charge < -0.3 is 10.2 Å². The topological polar surface area (TPSA) is 62.5 Å². The van der Waals surface area contributed by atoms with Crippen molar-refractivity contribution in [3.63, 3.8) is 0 Å². The van der Waals surface area contributed by atoms with Crippen LogP contribution in [0.25, 0.3) is 16.8 Å². The Morgan fingerprint density at radius 2 is 2.10 bits per heavy atom. The molecule has 0 bridgehead atoms. The third-order valence-corrected chi connectivity index (χ3v) is 6.14. The molecule has 6 nitrogen and oxygen atoms in total. The van der Waals surface area contributed by atoms with E-state index in [0.717, 1.165) is 54.9 Å². The first-order valence-corrected chi connectivity index (χ1v) is 11.4. The number of amides is 1. The van der Waals surface area contributed by atoms with Gasteiger partial charge in [0.25, 0.3) is 0 Å². The Kier molecular flexibility index (Phi) is 6.25. The van der Waals surface area contributed by atoms with Crippen LogP contribution in [0.4, 0.5) is 5.82 Å². The molecule has 31 heavy (non-hydrogen) atoms. The zero-order valence-electron chi connectivity index (χ0n) is 19.1. The summed E-state index contributed by atoms with van der Waals surface area (Å²) in [6, 6.07) is 8.56. The summed E-state index contributed by atoms with van der Waals surface area (Å²) >= 11 is 0. The Hall–Kier alpha value is -2.89. The van der Waals surface area contributed by atoms with Gasteiger partial charge >= 0.3 is 0 Å². The van der Waals surface area contributed by atoms with Gasteiger partial charge in [-0.1, -0.05) is 37.6 Å². The summed E-state index contributed by atoms with van der Waals surface area (Å²) in [7, 11) is 0. The monoisotopic (exact) mass is 419 g/mol. The molecule has 0 spiro atoms. The molecule has 6 heteroatoms. The molecule has 1 aliphatic rings. The van der Waals surface area contributed by atoms with Gasteiger partial charge in [0.2, 0.25) is 5.91 Å². The van der Waals surface area contributed by atoms with E-state index in [4.69, 9.17) is 5.10 Å². The molecule has 1 amide bonds. The number of anilines is 1. The molecular formula is C25H33N5O. The molecule has 1 aromatic carbocycles. The average molecular weight is 420 g/mol. The van der Waals surface area contributed by atoms with Crippen molar-refractivity contribution in [2.24, 2.45) is 11.8 Å². The Morgan fingerprint density at radius 1 is 1.26 bits per heavy atom. The lowest BCUT2D eigenvalue weighted by molar-refractivity contribution is -0.125. The minimum absolute atomic E-state index is 0.00435. The van der Waals surface area contributed by atoms with Crippen LogP contribution in [0.5, 0.6) is 0 Å². The van der Waals surface area contributed by atoms with Crippen LogP contribution in [-0.2, 0) is 4.79 Å². The first kappa shape index (κ1) is 21.3. The van der Waals surface area contributed by atoms with E-state index in [0.29, 0.717) is 12.5 Å². The minimum Gasteiger partial charge on any atom is -0.356 e. The van der Waals surface area contributed by atoms with Crippen LogP contribution < -0.4 is 10.2 Å². The van der Waals surface area contributed by atoms with E-state index in [2.05, 4.69) is 67.2 Å². The number of hydrogen-bond acceptors (Lipinski definition) is 4. The number of nitrogens with one attached hydrogen (secondary N) is 1. The molecule has 3 heterocycles. The zero-order chi connectivity index (χ0) is 22.0. The van der Waals surface area contributed by atoms with Crippen LogP contribution in [0.2, 0.25) is 0 Å². The third kappa shape index (κ3) is 4.73. The van der Waals surface area contributed by atoms with Crippen molar-refractivity contribution in [3.8, 4) is 11.3 Å². The first-order valence-electron chi connectivity index (χ1n) is 11.4. The fourth-order valence-electron chi connectivity index (χ4n) is 4.40. The summed E-state index contributed by atoms with van der Waals surface area (Å²) < 4.78 is 1.91. The number of aromatic nitrogens is 3. The number of fused-ring (bicyclic) bond motifs is 1. The maximum Gasteiger partial charge on any atom is 0.224 e. The second-order valence-electron chi connectivity index (χ2n) is 9.19. The highest BCUT2D eigenvalue weighted by Gasteiger charge is 2.27. The number of rotatable bonds is 6. The maximum absolute atomic E-state index is 12.7. The Labute approximate surface area is 184 Å². The van der Waals surface area contributed by atoms with Gasteiger partial charge in [-0.25, -0.2) is 9.50 Å². The average Bonchev–Trinajstić information content (AvgIpc) is 3.17. The number of carbonyl (C=O) groups excluding carboxylic acids is 1. The van der Waals surface area contributed by atoms with Crippen LogP contribution in [0.15, 0.2) is 36.7 Å². The summed E-state index contributed by atoms with van der Waals surface area (Å²) in [5.41, 5.74) is 5.54. The van der Waals surface area contributed by atoms with Gasteiger partial charge in [-0.3, -0.25) is 4.79 Å². The summed E-state index contributed by atoms with van der Waals surface area (Å²) in [4.78, 5) is 19.6. The Balaban J connectivity index is 1.56. The van der Waals surface area contributed by atoms with Crippen molar-refractivity contribution in [1.29, 1.82) is 0 Å². The lowest BCUT2D eigenvalue weighted by atomic mass is 9.97. The molecule has 2 aromatic heterocycles. The third-order valence-electron chi connectivity index (χ3n) is 6.14. The molecule has 1 saturated heterocycles. The molecule has 3 aromatic rings.